The number of aromatic nitrogens is 3. The molecule has 0 saturated heterocycles. The van der Waals surface area contributed by atoms with Crippen LogP contribution in [0.3, 0.4) is 0 Å². The lowest BCUT2D eigenvalue weighted by molar-refractivity contribution is 0.414. The Morgan fingerprint density at radius 1 is 1.18 bits per heavy atom. The Balaban J connectivity index is 1.82. The molecule has 0 fully saturated rings. The topological polar surface area (TPSA) is 39.9 Å². The lowest BCUT2D eigenvalue weighted by Crippen LogP contribution is -1.96. The SMILES string of the molecule is COc1cccc(-n2cnnc2SCc2ccccc2F)c1. The van der Waals surface area contributed by atoms with Crippen LogP contribution in [0, 0.1) is 5.82 Å². The Morgan fingerprint density at radius 2 is 2.05 bits per heavy atom. The number of rotatable bonds is 5. The van der Waals surface area contributed by atoms with E-state index in [4.69, 9.17) is 4.74 Å². The average molecular weight is 315 g/mol. The average Bonchev–Trinajstić information content (AvgIpc) is 3.03. The van der Waals surface area contributed by atoms with Crippen LogP contribution in [0.15, 0.2) is 60.0 Å². The molecule has 0 aliphatic rings. The zero-order chi connectivity index (χ0) is 15.4. The summed E-state index contributed by atoms with van der Waals surface area (Å²) in [5.74, 6) is 1.05. The minimum Gasteiger partial charge on any atom is -0.497 e. The molecule has 3 aromatic rings. The van der Waals surface area contributed by atoms with Gasteiger partial charge in [-0.25, -0.2) is 4.39 Å². The van der Waals surface area contributed by atoms with Gasteiger partial charge in [0.15, 0.2) is 5.16 Å². The van der Waals surface area contributed by atoms with Crippen molar-refractivity contribution in [2.24, 2.45) is 0 Å². The summed E-state index contributed by atoms with van der Waals surface area (Å²) in [6, 6.07) is 14.4. The predicted molar refractivity (Wildman–Crippen MR) is 83.9 cm³/mol. The molecule has 0 spiro atoms. The fraction of sp³-hybridized carbons (Fsp3) is 0.125. The lowest BCUT2D eigenvalue weighted by Gasteiger charge is -2.08. The van der Waals surface area contributed by atoms with Gasteiger partial charge in [-0.3, -0.25) is 4.57 Å². The van der Waals surface area contributed by atoms with E-state index in [1.807, 2.05) is 34.9 Å². The maximum Gasteiger partial charge on any atom is 0.195 e. The van der Waals surface area contributed by atoms with E-state index in [9.17, 15) is 4.39 Å². The standard InChI is InChI=1S/C16H14FN3OS/c1-21-14-7-4-6-13(9-14)20-11-18-19-16(20)22-10-12-5-2-3-8-15(12)17/h2-9,11H,10H2,1H3. The maximum atomic E-state index is 13.7. The summed E-state index contributed by atoms with van der Waals surface area (Å²) in [6.45, 7) is 0. The molecular formula is C16H14FN3OS. The highest BCUT2D eigenvalue weighted by Gasteiger charge is 2.09. The molecule has 0 atom stereocenters. The van der Waals surface area contributed by atoms with Crippen molar-refractivity contribution in [3.05, 3.63) is 66.2 Å². The van der Waals surface area contributed by atoms with Crippen molar-refractivity contribution in [2.75, 3.05) is 7.11 Å². The Kier molecular flexibility index (Phi) is 4.39. The summed E-state index contributed by atoms with van der Waals surface area (Å²) in [5, 5.41) is 8.76. The van der Waals surface area contributed by atoms with Crippen molar-refractivity contribution in [3.8, 4) is 11.4 Å². The van der Waals surface area contributed by atoms with Crippen LogP contribution in [0.5, 0.6) is 5.75 Å². The normalized spacial score (nSPS) is 10.6. The summed E-state index contributed by atoms with van der Waals surface area (Å²) in [7, 11) is 1.62. The third-order valence-corrected chi connectivity index (χ3v) is 4.15. The molecule has 2 aromatic carbocycles. The van der Waals surface area contributed by atoms with Crippen LogP contribution in [0.1, 0.15) is 5.56 Å². The number of hydrogen-bond acceptors (Lipinski definition) is 4. The van der Waals surface area contributed by atoms with E-state index in [1.54, 1.807) is 25.6 Å². The molecule has 1 aromatic heterocycles. The molecule has 22 heavy (non-hydrogen) atoms. The molecule has 0 N–H and O–H groups in total. The van der Waals surface area contributed by atoms with Crippen molar-refractivity contribution in [3.63, 3.8) is 0 Å². The first-order valence-corrected chi connectivity index (χ1v) is 7.67. The smallest absolute Gasteiger partial charge is 0.195 e. The Labute approximate surface area is 132 Å². The number of methoxy groups -OCH3 is 1. The second-order valence-corrected chi connectivity index (χ2v) is 5.51. The van der Waals surface area contributed by atoms with Gasteiger partial charge in [-0.05, 0) is 23.8 Å². The van der Waals surface area contributed by atoms with Gasteiger partial charge < -0.3 is 4.74 Å². The van der Waals surface area contributed by atoms with E-state index < -0.39 is 0 Å². The minimum absolute atomic E-state index is 0.206. The van der Waals surface area contributed by atoms with Crippen molar-refractivity contribution in [1.29, 1.82) is 0 Å². The molecule has 0 unspecified atom stereocenters. The van der Waals surface area contributed by atoms with Gasteiger partial charge in [-0.1, -0.05) is 36.0 Å². The molecule has 0 radical (unpaired) electrons. The van der Waals surface area contributed by atoms with Crippen LogP contribution in [-0.4, -0.2) is 21.9 Å². The molecule has 6 heteroatoms. The minimum atomic E-state index is -0.206. The molecule has 1 heterocycles. The molecule has 3 rings (SSSR count). The highest BCUT2D eigenvalue weighted by atomic mass is 32.2. The van der Waals surface area contributed by atoms with Gasteiger partial charge in [-0.2, -0.15) is 0 Å². The van der Waals surface area contributed by atoms with E-state index in [1.165, 1.54) is 17.8 Å². The lowest BCUT2D eigenvalue weighted by atomic mass is 10.2. The van der Waals surface area contributed by atoms with E-state index >= 15 is 0 Å². The van der Waals surface area contributed by atoms with Gasteiger partial charge in [-0.15, -0.1) is 10.2 Å². The number of halogens is 1. The highest BCUT2D eigenvalue weighted by Crippen LogP contribution is 2.25. The number of benzene rings is 2. The van der Waals surface area contributed by atoms with E-state index in [2.05, 4.69) is 10.2 Å². The van der Waals surface area contributed by atoms with E-state index in [-0.39, 0.29) is 5.82 Å². The predicted octanol–water partition coefficient (Wildman–Crippen LogP) is 3.71. The largest absolute Gasteiger partial charge is 0.497 e. The van der Waals surface area contributed by atoms with Gasteiger partial charge in [0.25, 0.3) is 0 Å². The van der Waals surface area contributed by atoms with Crippen LogP contribution < -0.4 is 4.74 Å². The molecule has 0 aliphatic heterocycles. The summed E-state index contributed by atoms with van der Waals surface area (Å²) in [6.07, 6.45) is 1.64. The summed E-state index contributed by atoms with van der Waals surface area (Å²) in [5.41, 5.74) is 1.55. The van der Waals surface area contributed by atoms with E-state index in [0.29, 0.717) is 16.5 Å². The Bertz CT molecular complexity index is 775. The third-order valence-electron chi connectivity index (χ3n) is 3.16. The molecule has 4 nitrogen and oxygen atoms in total. The van der Waals surface area contributed by atoms with E-state index in [0.717, 1.165) is 11.4 Å². The van der Waals surface area contributed by atoms with Crippen LogP contribution >= 0.6 is 11.8 Å². The van der Waals surface area contributed by atoms with Crippen LogP contribution in [0.2, 0.25) is 0 Å². The van der Waals surface area contributed by atoms with Gasteiger partial charge >= 0.3 is 0 Å². The molecule has 0 saturated carbocycles. The number of nitrogens with zero attached hydrogens (tertiary/aromatic N) is 3. The summed E-state index contributed by atoms with van der Waals surface area (Å²) >= 11 is 1.44. The highest BCUT2D eigenvalue weighted by molar-refractivity contribution is 7.98. The van der Waals surface area contributed by atoms with Crippen molar-refractivity contribution < 1.29 is 9.13 Å². The number of ether oxygens (including phenoxy) is 1. The Hall–Kier alpha value is -2.34. The molecule has 0 bridgehead atoms. The first-order valence-electron chi connectivity index (χ1n) is 6.68. The summed E-state index contributed by atoms with van der Waals surface area (Å²) in [4.78, 5) is 0. The third kappa shape index (κ3) is 3.12. The Morgan fingerprint density at radius 3 is 2.86 bits per heavy atom. The maximum absolute atomic E-state index is 13.7. The van der Waals surface area contributed by atoms with Gasteiger partial charge in [0.05, 0.1) is 12.8 Å². The summed E-state index contributed by atoms with van der Waals surface area (Å²) < 4.78 is 20.8. The second-order valence-electron chi connectivity index (χ2n) is 4.57. The first-order chi connectivity index (χ1) is 10.8. The zero-order valence-electron chi connectivity index (χ0n) is 11.9. The van der Waals surface area contributed by atoms with Gasteiger partial charge in [0.2, 0.25) is 0 Å². The van der Waals surface area contributed by atoms with Crippen LogP contribution in [-0.2, 0) is 5.75 Å². The van der Waals surface area contributed by atoms with Crippen molar-refractivity contribution in [2.45, 2.75) is 10.9 Å². The fourth-order valence-electron chi connectivity index (χ4n) is 2.02. The van der Waals surface area contributed by atoms with Crippen molar-refractivity contribution in [1.82, 2.24) is 14.8 Å². The molecular weight excluding hydrogens is 301 g/mol. The molecule has 0 aliphatic carbocycles. The molecule has 0 amide bonds. The zero-order valence-corrected chi connectivity index (χ0v) is 12.8. The van der Waals surface area contributed by atoms with Crippen molar-refractivity contribution >= 4 is 11.8 Å². The van der Waals surface area contributed by atoms with Gasteiger partial charge in [0.1, 0.15) is 17.9 Å². The van der Waals surface area contributed by atoms with Gasteiger partial charge in [0, 0.05) is 11.8 Å². The quantitative estimate of drug-likeness (QED) is 0.673. The molecule has 112 valence electrons. The second kappa shape index (κ2) is 6.62. The van der Waals surface area contributed by atoms with Crippen LogP contribution in [0.4, 0.5) is 4.39 Å². The van der Waals surface area contributed by atoms with Crippen LogP contribution in [0.25, 0.3) is 5.69 Å². The number of thioether (sulfide) groups is 1. The first kappa shape index (κ1) is 14.6. The monoisotopic (exact) mass is 315 g/mol. The number of hydrogen-bond donors (Lipinski definition) is 0. The fourth-order valence-corrected chi connectivity index (χ4v) is 2.93.